The third-order valence-electron chi connectivity index (χ3n) is 3.53. The van der Waals surface area contributed by atoms with E-state index in [9.17, 15) is 12.8 Å². The largest absolute Gasteiger partial charge is 0.496 e. The van der Waals surface area contributed by atoms with Crippen molar-refractivity contribution in [3.63, 3.8) is 0 Å². The molecule has 0 aliphatic heterocycles. The average Bonchev–Trinajstić information content (AvgIpc) is 2.60. The molecule has 0 saturated heterocycles. The first kappa shape index (κ1) is 18.7. The van der Waals surface area contributed by atoms with Gasteiger partial charge in [-0.15, -0.1) is 0 Å². The maximum Gasteiger partial charge on any atom is 0.230 e. The molecule has 1 heterocycles. The monoisotopic (exact) mass is 389 g/mol. The summed E-state index contributed by atoms with van der Waals surface area (Å²) in [5.74, 6) is 0.110. The van der Waals surface area contributed by atoms with Gasteiger partial charge in [0.2, 0.25) is 16.0 Å². The molecule has 3 aromatic rings. The van der Waals surface area contributed by atoms with E-state index in [0.717, 1.165) is 0 Å². The lowest BCUT2D eigenvalue weighted by Crippen LogP contribution is -2.14. The van der Waals surface area contributed by atoms with Crippen LogP contribution in [0.4, 0.5) is 16.0 Å². The predicted octanol–water partition coefficient (Wildman–Crippen LogP) is 2.22. The lowest BCUT2D eigenvalue weighted by Gasteiger charge is -2.09. The SMILES string of the molecule is COc1cc(F)ccc1-c1ncnc(Nc2cccc(CS(N)(=O)=O)c2)n1. The van der Waals surface area contributed by atoms with E-state index >= 15 is 0 Å². The average molecular weight is 389 g/mol. The molecular formula is C17H16FN5O3S. The van der Waals surface area contributed by atoms with Crippen LogP contribution in [0, 0.1) is 5.82 Å². The third kappa shape index (κ3) is 4.96. The molecule has 1 aromatic heterocycles. The molecule has 140 valence electrons. The van der Waals surface area contributed by atoms with Crippen molar-refractivity contribution in [2.24, 2.45) is 5.14 Å². The summed E-state index contributed by atoms with van der Waals surface area (Å²) in [4.78, 5) is 12.4. The van der Waals surface area contributed by atoms with Gasteiger partial charge in [0.05, 0.1) is 18.4 Å². The van der Waals surface area contributed by atoms with Gasteiger partial charge in [-0.3, -0.25) is 0 Å². The predicted molar refractivity (Wildman–Crippen MR) is 98.3 cm³/mol. The quantitative estimate of drug-likeness (QED) is 0.663. The maximum atomic E-state index is 13.4. The van der Waals surface area contributed by atoms with Crippen molar-refractivity contribution in [3.05, 3.63) is 60.2 Å². The number of nitrogens with one attached hydrogen (secondary N) is 1. The number of anilines is 2. The smallest absolute Gasteiger partial charge is 0.230 e. The molecule has 0 aliphatic carbocycles. The van der Waals surface area contributed by atoms with Crippen LogP contribution in [0.15, 0.2) is 48.8 Å². The van der Waals surface area contributed by atoms with Crippen molar-refractivity contribution in [1.82, 2.24) is 15.0 Å². The van der Waals surface area contributed by atoms with Crippen LogP contribution in [0.2, 0.25) is 0 Å². The summed E-state index contributed by atoms with van der Waals surface area (Å²) in [6.07, 6.45) is 1.31. The molecule has 2 aromatic carbocycles. The number of hydrogen-bond acceptors (Lipinski definition) is 7. The molecule has 8 nitrogen and oxygen atoms in total. The van der Waals surface area contributed by atoms with E-state index in [2.05, 4.69) is 20.3 Å². The van der Waals surface area contributed by atoms with E-state index in [4.69, 9.17) is 9.88 Å². The molecule has 0 saturated carbocycles. The van der Waals surface area contributed by atoms with Crippen LogP contribution < -0.4 is 15.2 Å². The van der Waals surface area contributed by atoms with Gasteiger partial charge in [0, 0.05) is 11.8 Å². The molecule has 3 N–H and O–H groups in total. The second-order valence-corrected chi connectivity index (χ2v) is 7.22. The fraction of sp³-hybridized carbons (Fsp3) is 0.118. The second-order valence-electron chi connectivity index (χ2n) is 5.61. The van der Waals surface area contributed by atoms with Crippen molar-refractivity contribution in [1.29, 1.82) is 0 Å². The summed E-state index contributed by atoms with van der Waals surface area (Å²) in [5.41, 5.74) is 1.61. The van der Waals surface area contributed by atoms with Crippen LogP contribution in [0.5, 0.6) is 5.75 Å². The Morgan fingerprint density at radius 3 is 2.74 bits per heavy atom. The Morgan fingerprint density at radius 1 is 1.19 bits per heavy atom. The highest BCUT2D eigenvalue weighted by molar-refractivity contribution is 7.88. The molecule has 27 heavy (non-hydrogen) atoms. The number of hydrogen-bond donors (Lipinski definition) is 2. The number of halogens is 1. The minimum absolute atomic E-state index is 0.235. The van der Waals surface area contributed by atoms with Crippen molar-refractivity contribution in [2.45, 2.75) is 5.75 Å². The van der Waals surface area contributed by atoms with Gasteiger partial charge < -0.3 is 10.1 Å². The van der Waals surface area contributed by atoms with Crippen LogP contribution in [0.25, 0.3) is 11.4 Å². The molecular weight excluding hydrogens is 373 g/mol. The first-order valence-electron chi connectivity index (χ1n) is 7.73. The number of nitrogens with two attached hydrogens (primary N) is 1. The van der Waals surface area contributed by atoms with E-state index in [1.54, 1.807) is 24.3 Å². The lowest BCUT2D eigenvalue weighted by molar-refractivity contribution is 0.412. The van der Waals surface area contributed by atoms with Crippen LogP contribution in [0.3, 0.4) is 0 Å². The Kier molecular flexibility index (Phi) is 5.28. The molecule has 10 heteroatoms. The fourth-order valence-electron chi connectivity index (χ4n) is 2.44. The lowest BCUT2D eigenvalue weighted by atomic mass is 10.2. The number of ether oxygens (including phenoxy) is 1. The number of rotatable bonds is 6. The summed E-state index contributed by atoms with van der Waals surface area (Å²) in [6, 6.07) is 10.7. The van der Waals surface area contributed by atoms with E-state index in [1.165, 1.54) is 31.6 Å². The van der Waals surface area contributed by atoms with Gasteiger partial charge in [0.25, 0.3) is 0 Å². The van der Waals surface area contributed by atoms with Crippen molar-refractivity contribution >= 4 is 21.7 Å². The number of sulfonamides is 1. The molecule has 0 amide bonds. The number of aromatic nitrogens is 3. The molecule has 0 aliphatic rings. The number of benzene rings is 2. The zero-order chi connectivity index (χ0) is 19.4. The first-order valence-corrected chi connectivity index (χ1v) is 9.45. The van der Waals surface area contributed by atoms with Gasteiger partial charge >= 0.3 is 0 Å². The Morgan fingerprint density at radius 2 is 2.00 bits per heavy atom. The Hall–Kier alpha value is -3.11. The summed E-state index contributed by atoms with van der Waals surface area (Å²) in [6.45, 7) is 0. The van der Waals surface area contributed by atoms with Crippen molar-refractivity contribution < 1.29 is 17.5 Å². The van der Waals surface area contributed by atoms with Crippen molar-refractivity contribution in [3.8, 4) is 17.1 Å². The number of primary sulfonamides is 1. The van der Waals surface area contributed by atoms with Crippen molar-refractivity contribution in [2.75, 3.05) is 12.4 Å². The molecule has 0 fully saturated rings. The number of nitrogens with zero attached hydrogens (tertiary/aromatic N) is 3. The normalized spacial score (nSPS) is 11.2. The zero-order valence-electron chi connectivity index (χ0n) is 14.3. The topological polar surface area (TPSA) is 120 Å². The van der Waals surface area contributed by atoms with Gasteiger partial charge in [0.15, 0.2) is 5.82 Å². The zero-order valence-corrected chi connectivity index (χ0v) is 15.1. The molecule has 0 unspecified atom stereocenters. The first-order chi connectivity index (χ1) is 12.8. The van der Waals surface area contributed by atoms with E-state index in [0.29, 0.717) is 28.4 Å². The van der Waals surface area contributed by atoms with Gasteiger partial charge in [-0.05, 0) is 29.8 Å². The summed E-state index contributed by atoms with van der Waals surface area (Å²) in [7, 11) is -2.21. The van der Waals surface area contributed by atoms with Gasteiger partial charge in [-0.25, -0.2) is 27.9 Å². The minimum Gasteiger partial charge on any atom is -0.496 e. The van der Waals surface area contributed by atoms with E-state index in [-0.39, 0.29) is 11.7 Å². The van der Waals surface area contributed by atoms with Crippen LogP contribution in [0.1, 0.15) is 5.56 Å². The highest BCUT2D eigenvalue weighted by atomic mass is 32.2. The van der Waals surface area contributed by atoms with Crippen LogP contribution in [-0.2, 0) is 15.8 Å². The standard InChI is InChI=1S/C17H16FN5O3S/c1-26-15-8-12(18)5-6-14(15)16-20-10-21-17(23-16)22-13-4-2-3-11(7-13)9-27(19,24)25/h2-8,10H,9H2,1H3,(H2,19,24,25)(H,20,21,22,23). The highest BCUT2D eigenvalue weighted by Crippen LogP contribution is 2.28. The Balaban J connectivity index is 1.88. The van der Waals surface area contributed by atoms with Gasteiger partial charge in [0.1, 0.15) is 17.9 Å². The Labute approximate surface area is 155 Å². The molecule has 0 spiro atoms. The molecule has 3 rings (SSSR count). The molecule has 0 radical (unpaired) electrons. The fourth-order valence-corrected chi connectivity index (χ4v) is 3.08. The number of methoxy groups -OCH3 is 1. The summed E-state index contributed by atoms with van der Waals surface area (Å²) >= 11 is 0. The van der Waals surface area contributed by atoms with E-state index < -0.39 is 15.8 Å². The minimum atomic E-state index is -3.63. The summed E-state index contributed by atoms with van der Waals surface area (Å²) in [5, 5.41) is 8.05. The molecule has 0 bridgehead atoms. The van der Waals surface area contributed by atoms with E-state index in [1.807, 2.05) is 0 Å². The maximum absolute atomic E-state index is 13.4. The van der Waals surface area contributed by atoms with Gasteiger partial charge in [-0.1, -0.05) is 12.1 Å². The molecule has 0 atom stereocenters. The Bertz CT molecular complexity index is 1080. The van der Waals surface area contributed by atoms with Gasteiger partial charge in [-0.2, -0.15) is 4.98 Å². The highest BCUT2D eigenvalue weighted by Gasteiger charge is 2.12. The van der Waals surface area contributed by atoms with Crippen LogP contribution >= 0.6 is 0 Å². The summed E-state index contributed by atoms with van der Waals surface area (Å²) < 4.78 is 41.0. The third-order valence-corrected chi connectivity index (χ3v) is 4.26. The van der Waals surface area contributed by atoms with Crippen LogP contribution in [-0.4, -0.2) is 30.5 Å². The second kappa shape index (κ2) is 7.64.